The average Bonchev–Trinajstić information content (AvgIpc) is 3.32. The van der Waals surface area contributed by atoms with Crippen molar-refractivity contribution in [2.45, 2.75) is 31.6 Å². The van der Waals surface area contributed by atoms with Crippen molar-refractivity contribution < 1.29 is 9.53 Å². The molecule has 29 heavy (non-hydrogen) atoms. The van der Waals surface area contributed by atoms with Crippen molar-refractivity contribution in [1.82, 2.24) is 29.4 Å². The van der Waals surface area contributed by atoms with Crippen LogP contribution in [0.3, 0.4) is 0 Å². The Kier molecular flexibility index (Phi) is 5.31. The monoisotopic (exact) mass is 412 g/mol. The first-order valence-corrected chi connectivity index (χ1v) is 10.8. The summed E-state index contributed by atoms with van der Waals surface area (Å²) in [5, 5.41) is 14.3. The molecule has 0 N–H and O–H groups in total. The second-order valence-corrected chi connectivity index (χ2v) is 7.60. The summed E-state index contributed by atoms with van der Waals surface area (Å²) in [5.41, 5.74) is 3.55. The fraction of sp³-hybridized carbons (Fsp3) is 0.400. The van der Waals surface area contributed by atoms with Gasteiger partial charge in [0.2, 0.25) is 0 Å². The van der Waals surface area contributed by atoms with Crippen LogP contribution in [0, 0.1) is 0 Å². The van der Waals surface area contributed by atoms with E-state index in [0.29, 0.717) is 24.4 Å². The zero-order chi connectivity index (χ0) is 20.5. The van der Waals surface area contributed by atoms with Crippen LogP contribution in [-0.2, 0) is 26.6 Å². The molecule has 0 aliphatic carbocycles. The van der Waals surface area contributed by atoms with Crippen molar-refractivity contribution in [1.29, 1.82) is 0 Å². The highest BCUT2D eigenvalue weighted by molar-refractivity contribution is 7.98. The van der Waals surface area contributed by atoms with Gasteiger partial charge in [-0.05, 0) is 25.3 Å². The zero-order valence-corrected chi connectivity index (χ0v) is 17.9. The molecule has 4 rings (SSSR count). The molecule has 0 saturated carbocycles. The van der Waals surface area contributed by atoms with Gasteiger partial charge in [-0.15, -0.1) is 10.2 Å². The Morgan fingerprint density at radius 1 is 1.28 bits per heavy atom. The van der Waals surface area contributed by atoms with Crippen LogP contribution in [0.2, 0.25) is 0 Å². The average molecular weight is 413 g/mol. The third kappa shape index (κ3) is 3.29. The molecular formula is C20H24N6O2S. The summed E-state index contributed by atoms with van der Waals surface area (Å²) >= 11 is 1.56. The van der Waals surface area contributed by atoms with Crippen LogP contribution in [0.15, 0.2) is 29.4 Å². The number of thioether (sulfide) groups is 1. The highest BCUT2D eigenvalue weighted by Gasteiger charge is 2.30. The summed E-state index contributed by atoms with van der Waals surface area (Å²) in [4.78, 5) is 15.1. The fourth-order valence-electron chi connectivity index (χ4n) is 3.84. The van der Waals surface area contributed by atoms with Crippen LogP contribution in [-0.4, -0.2) is 55.3 Å². The number of rotatable bonds is 5. The molecule has 0 radical (unpaired) electrons. The lowest BCUT2D eigenvalue weighted by Crippen LogP contribution is -2.36. The molecule has 3 heterocycles. The molecule has 0 spiro atoms. The van der Waals surface area contributed by atoms with Gasteiger partial charge in [0.25, 0.3) is 5.91 Å². The third-order valence-electron chi connectivity index (χ3n) is 5.29. The third-order valence-corrected chi connectivity index (χ3v) is 5.96. The molecular weight excluding hydrogens is 388 g/mol. The van der Waals surface area contributed by atoms with E-state index >= 15 is 0 Å². The van der Waals surface area contributed by atoms with Gasteiger partial charge >= 0.3 is 0 Å². The van der Waals surface area contributed by atoms with Gasteiger partial charge in [0.05, 0.1) is 19.2 Å². The van der Waals surface area contributed by atoms with Crippen LogP contribution < -0.4 is 4.74 Å². The number of aromatic nitrogens is 5. The number of para-hydroxylation sites is 1. The van der Waals surface area contributed by atoms with E-state index in [1.807, 2.05) is 41.1 Å². The first kappa shape index (κ1) is 19.5. The number of amides is 1. The maximum absolute atomic E-state index is 13.2. The molecule has 1 aliphatic heterocycles. The predicted octanol–water partition coefficient (Wildman–Crippen LogP) is 2.63. The molecule has 2 aromatic heterocycles. The van der Waals surface area contributed by atoms with Gasteiger partial charge in [0.1, 0.15) is 11.4 Å². The van der Waals surface area contributed by atoms with E-state index in [1.54, 1.807) is 24.9 Å². The topological polar surface area (TPSA) is 78.1 Å². The summed E-state index contributed by atoms with van der Waals surface area (Å²) < 4.78 is 9.35. The Hall–Kier alpha value is -2.81. The summed E-state index contributed by atoms with van der Waals surface area (Å²) in [6.45, 7) is 3.95. The van der Waals surface area contributed by atoms with Crippen molar-refractivity contribution in [3.63, 3.8) is 0 Å². The second kappa shape index (κ2) is 7.90. The van der Waals surface area contributed by atoms with Crippen molar-refractivity contribution in [2.24, 2.45) is 7.05 Å². The Morgan fingerprint density at radius 2 is 2.07 bits per heavy atom. The van der Waals surface area contributed by atoms with E-state index in [9.17, 15) is 4.79 Å². The molecule has 1 aromatic carbocycles. The molecule has 8 nitrogen and oxygen atoms in total. The summed E-state index contributed by atoms with van der Waals surface area (Å²) in [5.74, 6) is 1.30. The smallest absolute Gasteiger partial charge is 0.257 e. The number of nitrogens with zero attached hydrogens (tertiary/aromatic N) is 6. The number of ether oxygens (including phenoxy) is 1. The van der Waals surface area contributed by atoms with E-state index in [2.05, 4.69) is 21.7 Å². The maximum Gasteiger partial charge on any atom is 0.257 e. The predicted molar refractivity (Wildman–Crippen MR) is 111 cm³/mol. The molecule has 152 valence electrons. The van der Waals surface area contributed by atoms with Gasteiger partial charge in [0.15, 0.2) is 11.0 Å². The maximum atomic E-state index is 13.2. The number of methoxy groups -OCH3 is 1. The molecule has 0 atom stereocenters. The summed E-state index contributed by atoms with van der Waals surface area (Å²) in [7, 11) is 3.53. The molecule has 0 saturated heterocycles. The Balaban J connectivity index is 1.71. The molecule has 0 unspecified atom stereocenters. The highest BCUT2D eigenvalue weighted by Crippen LogP contribution is 2.31. The number of carbonyl (C=O) groups is 1. The molecule has 3 aromatic rings. The number of hydrogen-bond donors (Lipinski definition) is 0. The molecule has 1 aliphatic rings. The SMILES string of the molecule is CCn1c(SC)nnc1-c1nn(C)c2c1CN(C(=O)c1ccccc1OC)CC2. The standard InChI is InChI=1S/C20H24N6O2S/c1-5-26-18(21-22-20(26)29-4)17-14-12-25(11-10-15(14)24(2)23-17)19(27)13-8-6-7-9-16(13)28-3/h6-9H,5,10-12H2,1-4H3. The van der Waals surface area contributed by atoms with E-state index < -0.39 is 0 Å². The molecule has 0 bridgehead atoms. The lowest BCUT2D eigenvalue weighted by Gasteiger charge is -2.28. The van der Waals surface area contributed by atoms with E-state index in [-0.39, 0.29) is 5.91 Å². The minimum absolute atomic E-state index is 0.0373. The fourth-order valence-corrected chi connectivity index (χ4v) is 4.40. The number of fused-ring (bicyclic) bond motifs is 1. The van der Waals surface area contributed by atoms with Crippen molar-refractivity contribution in [3.8, 4) is 17.3 Å². The summed E-state index contributed by atoms with van der Waals surface area (Å²) in [6.07, 6.45) is 2.73. The lowest BCUT2D eigenvalue weighted by molar-refractivity contribution is 0.0730. The number of carbonyl (C=O) groups excluding carboxylic acids is 1. The first-order chi connectivity index (χ1) is 14.1. The zero-order valence-electron chi connectivity index (χ0n) is 17.0. The van der Waals surface area contributed by atoms with Crippen molar-refractivity contribution in [3.05, 3.63) is 41.1 Å². The van der Waals surface area contributed by atoms with E-state index in [1.165, 1.54) is 0 Å². The number of hydrogen-bond acceptors (Lipinski definition) is 6. The van der Waals surface area contributed by atoms with E-state index in [4.69, 9.17) is 9.84 Å². The second-order valence-electron chi connectivity index (χ2n) is 6.83. The van der Waals surface area contributed by atoms with Gasteiger partial charge in [-0.1, -0.05) is 23.9 Å². The van der Waals surface area contributed by atoms with Crippen LogP contribution in [0.1, 0.15) is 28.5 Å². The minimum Gasteiger partial charge on any atom is -0.496 e. The van der Waals surface area contributed by atoms with Gasteiger partial charge in [0, 0.05) is 37.8 Å². The Labute approximate surface area is 173 Å². The van der Waals surface area contributed by atoms with Gasteiger partial charge in [-0.25, -0.2) is 0 Å². The largest absolute Gasteiger partial charge is 0.496 e. The van der Waals surface area contributed by atoms with Crippen molar-refractivity contribution >= 4 is 17.7 Å². The highest BCUT2D eigenvalue weighted by atomic mass is 32.2. The van der Waals surface area contributed by atoms with Crippen molar-refractivity contribution in [2.75, 3.05) is 19.9 Å². The molecule has 1 amide bonds. The van der Waals surface area contributed by atoms with Crippen LogP contribution in [0.25, 0.3) is 11.5 Å². The summed E-state index contributed by atoms with van der Waals surface area (Å²) in [6, 6.07) is 7.34. The quantitative estimate of drug-likeness (QED) is 0.600. The van der Waals surface area contributed by atoms with Crippen LogP contribution >= 0.6 is 11.8 Å². The molecule has 9 heteroatoms. The van der Waals surface area contributed by atoms with Crippen LogP contribution in [0.5, 0.6) is 5.75 Å². The first-order valence-electron chi connectivity index (χ1n) is 9.53. The Morgan fingerprint density at radius 3 is 2.79 bits per heavy atom. The van der Waals surface area contributed by atoms with Crippen LogP contribution in [0.4, 0.5) is 0 Å². The molecule has 0 fully saturated rings. The minimum atomic E-state index is -0.0373. The van der Waals surface area contributed by atoms with Gasteiger partial charge < -0.3 is 14.2 Å². The van der Waals surface area contributed by atoms with Gasteiger partial charge in [-0.2, -0.15) is 5.10 Å². The van der Waals surface area contributed by atoms with E-state index in [0.717, 1.165) is 40.9 Å². The number of benzene rings is 1. The van der Waals surface area contributed by atoms with Gasteiger partial charge in [-0.3, -0.25) is 9.48 Å². The number of aryl methyl sites for hydroxylation is 1. The lowest BCUT2D eigenvalue weighted by atomic mass is 10.0. The normalized spacial score (nSPS) is 13.4. The Bertz CT molecular complexity index is 1060.